The van der Waals surface area contributed by atoms with Crippen molar-refractivity contribution in [3.8, 4) is 22.5 Å². The molecule has 6 heteroatoms. The van der Waals surface area contributed by atoms with E-state index in [-0.39, 0.29) is 11.8 Å². The van der Waals surface area contributed by atoms with Crippen molar-refractivity contribution in [2.24, 2.45) is 5.92 Å². The zero-order chi connectivity index (χ0) is 17.3. The van der Waals surface area contributed by atoms with Gasteiger partial charge in [-0.1, -0.05) is 42.7 Å². The maximum atomic E-state index is 12.2. The van der Waals surface area contributed by atoms with Crippen LogP contribution in [-0.2, 0) is 0 Å². The Hall–Kier alpha value is -2.40. The Morgan fingerprint density at radius 1 is 1.25 bits per heavy atom. The lowest BCUT2D eigenvalue weighted by molar-refractivity contribution is 0.0871. The Kier molecular flexibility index (Phi) is 4.53. The Bertz CT molecular complexity index is 863. The third kappa shape index (κ3) is 3.26. The van der Waals surface area contributed by atoms with E-state index in [1.807, 2.05) is 32.9 Å². The van der Waals surface area contributed by atoms with Gasteiger partial charge in [-0.25, -0.2) is 4.68 Å². The van der Waals surface area contributed by atoms with Crippen molar-refractivity contribution in [1.82, 2.24) is 14.9 Å². The molecule has 0 atom stereocenters. The standard InChI is InChI=1S/C18H18ClN3O2/c1-11(2)10-16(23)22-9-8-15(20-22)17-12(3)24-21-18(17)13-4-6-14(19)7-5-13/h4-9,11H,10H2,1-3H3. The molecule has 1 aromatic carbocycles. The van der Waals surface area contributed by atoms with Crippen LogP contribution in [0.15, 0.2) is 41.1 Å². The van der Waals surface area contributed by atoms with Gasteiger partial charge in [-0.2, -0.15) is 5.10 Å². The third-order valence-electron chi connectivity index (χ3n) is 3.66. The highest BCUT2D eigenvalue weighted by Gasteiger charge is 2.20. The number of carbonyl (C=O) groups is 1. The van der Waals surface area contributed by atoms with E-state index >= 15 is 0 Å². The van der Waals surface area contributed by atoms with Crippen molar-refractivity contribution in [2.45, 2.75) is 27.2 Å². The molecule has 0 radical (unpaired) electrons. The van der Waals surface area contributed by atoms with Crippen molar-refractivity contribution in [3.05, 3.63) is 47.3 Å². The fourth-order valence-corrected chi connectivity index (χ4v) is 2.64. The minimum Gasteiger partial charge on any atom is -0.360 e. The average Bonchev–Trinajstić information content (AvgIpc) is 3.14. The number of hydrogen-bond acceptors (Lipinski definition) is 4. The summed E-state index contributed by atoms with van der Waals surface area (Å²) in [5, 5.41) is 9.21. The first-order valence-corrected chi connectivity index (χ1v) is 8.15. The van der Waals surface area contributed by atoms with Crippen LogP contribution >= 0.6 is 11.6 Å². The van der Waals surface area contributed by atoms with E-state index < -0.39 is 0 Å². The lowest BCUT2D eigenvalue weighted by atomic mass is 10.0. The highest BCUT2D eigenvalue weighted by atomic mass is 35.5. The van der Waals surface area contributed by atoms with E-state index in [4.69, 9.17) is 16.1 Å². The normalized spacial score (nSPS) is 11.2. The van der Waals surface area contributed by atoms with E-state index in [1.165, 1.54) is 4.68 Å². The Labute approximate surface area is 145 Å². The third-order valence-corrected chi connectivity index (χ3v) is 3.92. The topological polar surface area (TPSA) is 60.9 Å². The first kappa shape index (κ1) is 16.5. The lowest BCUT2D eigenvalue weighted by Crippen LogP contribution is -2.13. The van der Waals surface area contributed by atoms with Crippen LogP contribution in [0.4, 0.5) is 0 Å². The number of rotatable bonds is 4. The van der Waals surface area contributed by atoms with Crippen LogP contribution in [0.2, 0.25) is 5.02 Å². The Balaban J connectivity index is 1.99. The van der Waals surface area contributed by atoms with E-state index in [0.29, 0.717) is 28.6 Å². The SMILES string of the molecule is Cc1onc(-c2ccc(Cl)cc2)c1-c1ccn(C(=O)CC(C)C)n1. The second-order valence-electron chi connectivity index (χ2n) is 6.11. The van der Waals surface area contributed by atoms with E-state index in [1.54, 1.807) is 24.4 Å². The van der Waals surface area contributed by atoms with Gasteiger partial charge in [-0.15, -0.1) is 0 Å². The molecule has 2 aromatic heterocycles. The molecule has 3 rings (SSSR count). The van der Waals surface area contributed by atoms with Gasteiger partial charge in [0.15, 0.2) is 0 Å². The summed E-state index contributed by atoms with van der Waals surface area (Å²) in [7, 11) is 0. The number of carbonyl (C=O) groups excluding carboxylic acids is 1. The second kappa shape index (κ2) is 6.61. The first-order valence-electron chi connectivity index (χ1n) is 7.77. The molecular weight excluding hydrogens is 326 g/mol. The minimum absolute atomic E-state index is 0.0293. The average molecular weight is 344 g/mol. The van der Waals surface area contributed by atoms with Crippen molar-refractivity contribution >= 4 is 17.5 Å². The molecule has 0 fully saturated rings. The van der Waals surface area contributed by atoms with E-state index in [0.717, 1.165) is 11.1 Å². The number of nitrogens with zero attached hydrogens (tertiary/aromatic N) is 3. The van der Waals surface area contributed by atoms with Gasteiger partial charge in [0, 0.05) is 23.2 Å². The van der Waals surface area contributed by atoms with Gasteiger partial charge in [-0.05, 0) is 31.0 Å². The Morgan fingerprint density at radius 3 is 2.62 bits per heavy atom. The summed E-state index contributed by atoms with van der Waals surface area (Å²) in [5.41, 5.74) is 3.02. The summed E-state index contributed by atoms with van der Waals surface area (Å²) in [6.45, 7) is 5.84. The van der Waals surface area contributed by atoms with Crippen molar-refractivity contribution in [1.29, 1.82) is 0 Å². The molecule has 0 aliphatic heterocycles. The molecule has 24 heavy (non-hydrogen) atoms. The predicted molar refractivity (Wildman–Crippen MR) is 93.0 cm³/mol. The molecule has 0 N–H and O–H groups in total. The minimum atomic E-state index is -0.0293. The van der Waals surface area contributed by atoms with Crippen molar-refractivity contribution in [3.63, 3.8) is 0 Å². The highest BCUT2D eigenvalue weighted by Crippen LogP contribution is 2.33. The summed E-state index contributed by atoms with van der Waals surface area (Å²) < 4.78 is 6.73. The molecule has 0 bridgehead atoms. The van der Waals surface area contributed by atoms with Crippen LogP contribution in [0.3, 0.4) is 0 Å². The molecule has 0 saturated carbocycles. The van der Waals surface area contributed by atoms with Gasteiger partial charge in [0.05, 0.1) is 11.3 Å². The summed E-state index contributed by atoms with van der Waals surface area (Å²) in [5.74, 6) is 0.909. The summed E-state index contributed by atoms with van der Waals surface area (Å²) in [6.07, 6.45) is 2.13. The van der Waals surface area contributed by atoms with Crippen LogP contribution in [0.25, 0.3) is 22.5 Å². The smallest absolute Gasteiger partial charge is 0.247 e. The van der Waals surface area contributed by atoms with Crippen LogP contribution < -0.4 is 0 Å². The molecule has 2 heterocycles. The number of aryl methyl sites for hydroxylation is 1. The van der Waals surface area contributed by atoms with Crippen LogP contribution in [-0.4, -0.2) is 20.8 Å². The second-order valence-corrected chi connectivity index (χ2v) is 6.54. The van der Waals surface area contributed by atoms with E-state index in [9.17, 15) is 4.79 Å². The van der Waals surface area contributed by atoms with Gasteiger partial charge in [-0.3, -0.25) is 4.79 Å². The monoisotopic (exact) mass is 343 g/mol. The summed E-state index contributed by atoms with van der Waals surface area (Å²) in [4.78, 5) is 12.2. The largest absolute Gasteiger partial charge is 0.360 e. The number of hydrogen-bond donors (Lipinski definition) is 0. The maximum Gasteiger partial charge on any atom is 0.247 e. The van der Waals surface area contributed by atoms with Gasteiger partial charge in [0.2, 0.25) is 5.91 Å². The molecule has 0 aliphatic rings. The number of halogens is 1. The molecule has 0 unspecified atom stereocenters. The summed E-state index contributed by atoms with van der Waals surface area (Å²) in [6, 6.07) is 9.16. The van der Waals surface area contributed by atoms with E-state index in [2.05, 4.69) is 10.3 Å². The zero-order valence-corrected chi connectivity index (χ0v) is 14.5. The molecule has 5 nitrogen and oxygen atoms in total. The van der Waals surface area contributed by atoms with Gasteiger partial charge >= 0.3 is 0 Å². The maximum absolute atomic E-state index is 12.2. The number of aromatic nitrogens is 3. The van der Waals surface area contributed by atoms with Gasteiger partial charge in [0.1, 0.15) is 11.5 Å². The number of benzene rings is 1. The fraction of sp³-hybridized carbons (Fsp3) is 0.278. The van der Waals surface area contributed by atoms with Gasteiger partial charge in [0.25, 0.3) is 0 Å². The fourth-order valence-electron chi connectivity index (χ4n) is 2.52. The first-order chi connectivity index (χ1) is 11.5. The molecule has 0 spiro atoms. The van der Waals surface area contributed by atoms with Gasteiger partial charge < -0.3 is 4.52 Å². The predicted octanol–water partition coefficient (Wildman–Crippen LogP) is 4.85. The molecule has 0 saturated heterocycles. The highest BCUT2D eigenvalue weighted by molar-refractivity contribution is 6.30. The summed E-state index contributed by atoms with van der Waals surface area (Å²) >= 11 is 5.94. The molecule has 0 aliphatic carbocycles. The molecular formula is C18H18ClN3O2. The molecule has 3 aromatic rings. The van der Waals surface area contributed by atoms with Crippen molar-refractivity contribution < 1.29 is 9.32 Å². The molecule has 124 valence electrons. The van der Waals surface area contributed by atoms with Crippen LogP contribution in [0, 0.1) is 12.8 Å². The van der Waals surface area contributed by atoms with Crippen molar-refractivity contribution in [2.75, 3.05) is 0 Å². The zero-order valence-electron chi connectivity index (χ0n) is 13.8. The van der Waals surface area contributed by atoms with Crippen LogP contribution in [0.5, 0.6) is 0 Å². The Morgan fingerprint density at radius 2 is 1.96 bits per heavy atom. The molecule has 0 amide bonds. The van der Waals surface area contributed by atoms with Crippen LogP contribution in [0.1, 0.15) is 30.8 Å². The lowest BCUT2D eigenvalue weighted by Gasteiger charge is -2.03. The quantitative estimate of drug-likeness (QED) is 0.679.